The molecule has 0 aliphatic carbocycles. The Labute approximate surface area is 264 Å². The van der Waals surface area contributed by atoms with Gasteiger partial charge in [0.05, 0.1) is 24.3 Å². The molecular weight excluding hydrogens is 550 g/mol. The highest BCUT2D eigenvalue weighted by atomic mass is 16.5. The molecule has 7 heteroatoms. The summed E-state index contributed by atoms with van der Waals surface area (Å²) in [7, 11) is 0. The van der Waals surface area contributed by atoms with Gasteiger partial charge in [-0.15, -0.1) is 0 Å². The van der Waals surface area contributed by atoms with Crippen molar-refractivity contribution in [3.8, 4) is 0 Å². The number of rotatable bonds is 18. The molecular formula is C37H51N3O4. The lowest BCUT2D eigenvalue weighted by molar-refractivity contribution is 0.0450. The van der Waals surface area contributed by atoms with Gasteiger partial charge in [0, 0.05) is 11.4 Å². The number of unbranched alkanes of at least 4 members (excludes halogenated alkanes) is 10. The summed E-state index contributed by atoms with van der Waals surface area (Å²) >= 11 is 0. The quantitative estimate of drug-likeness (QED) is 0.0651. The number of carbonyl (C=O) groups excluding carboxylic acids is 2. The first-order valence-electron chi connectivity index (χ1n) is 16.2. The summed E-state index contributed by atoms with van der Waals surface area (Å²) in [5.74, 6) is -0.876. The highest BCUT2D eigenvalue weighted by Gasteiger charge is 2.18. The van der Waals surface area contributed by atoms with Gasteiger partial charge in [-0.1, -0.05) is 127 Å². The number of esters is 2. The second-order valence-electron chi connectivity index (χ2n) is 10.7. The largest absolute Gasteiger partial charge is 0.462 e. The number of hydrogen-bond acceptors (Lipinski definition) is 5. The lowest BCUT2D eigenvalue weighted by Crippen LogP contribution is -2.32. The van der Waals surface area contributed by atoms with E-state index in [1.54, 1.807) is 29.2 Å². The van der Waals surface area contributed by atoms with Crippen LogP contribution in [0.25, 0.3) is 0 Å². The van der Waals surface area contributed by atoms with Gasteiger partial charge in [0.2, 0.25) is 0 Å². The minimum absolute atomic E-state index is 0.0115. The molecule has 0 heterocycles. The third kappa shape index (κ3) is 13.9. The van der Waals surface area contributed by atoms with Crippen molar-refractivity contribution < 1.29 is 19.1 Å². The molecule has 7 nitrogen and oxygen atoms in total. The third-order valence-electron chi connectivity index (χ3n) is 7.10. The number of carbonyl (C=O) groups is 2. The van der Waals surface area contributed by atoms with Crippen molar-refractivity contribution in [2.45, 2.75) is 90.9 Å². The Bertz CT molecular complexity index is 1130. The van der Waals surface area contributed by atoms with Crippen LogP contribution in [0.2, 0.25) is 0 Å². The molecule has 0 saturated heterocycles. The molecule has 3 aromatic rings. The molecule has 3 aromatic carbocycles. The van der Waals surface area contributed by atoms with Crippen LogP contribution in [0, 0.1) is 5.41 Å². The van der Waals surface area contributed by atoms with Gasteiger partial charge >= 0.3 is 11.9 Å². The zero-order valence-corrected chi connectivity index (χ0v) is 26.6. The van der Waals surface area contributed by atoms with E-state index in [0.29, 0.717) is 24.3 Å². The molecule has 0 spiro atoms. The molecule has 0 aliphatic rings. The lowest BCUT2D eigenvalue weighted by atomic mass is 10.1. The maximum Gasteiger partial charge on any atom is 0.339 e. The lowest BCUT2D eigenvalue weighted by Gasteiger charge is -2.22. The van der Waals surface area contributed by atoms with Crippen LogP contribution in [0.5, 0.6) is 0 Å². The smallest absolute Gasteiger partial charge is 0.339 e. The summed E-state index contributed by atoms with van der Waals surface area (Å²) in [5.41, 5.74) is 7.98. The van der Waals surface area contributed by atoms with Gasteiger partial charge in [-0.2, -0.15) is 0 Å². The number of benzene rings is 3. The first-order chi connectivity index (χ1) is 21.5. The Hall–Kier alpha value is -4.13. The van der Waals surface area contributed by atoms with E-state index in [9.17, 15) is 9.59 Å². The van der Waals surface area contributed by atoms with E-state index in [4.69, 9.17) is 20.6 Å². The fraction of sp³-hybridized carbons (Fsp3) is 0.432. The summed E-state index contributed by atoms with van der Waals surface area (Å²) in [6.07, 6.45) is 13.6. The number of anilines is 2. The molecule has 0 aromatic heterocycles. The minimum Gasteiger partial charge on any atom is -0.462 e. The van der Waals surface area contributed by atoms with E-state index < -0.39 is 11.9 Å². The van der Waals surface area contributed by atoms with Crippen molar-refractivity contribution in [1.82, 2.24) is 0 Å². The molecule has 0 unspecified atom stereocenters. The van der Waals surface area contributed by atoms with Gasteiger partial charge in [-0.3, -0.25) is 10.3 Å². The monoisotopic (exact) mass is 601 g/mol. The summed E-state index contributed by atoms with van der Waals surface area (Å²) in [6, 6.07) is 26.0. The van der Waals surface area contributed by atoms with Crippen molar-refractivity contribution in [1.29, 1.82) is 5.41 Å². The number of guanidine groups is 1. The van der Waals surface area contributed by atoms with Crippen LogP contribution in [0.15, 0.2) is 84.9 Å². The van der Waals surface area contributed by atoms with Crippen LogP contribution in [-0.4, -0.2) is 31.1 Å². The number of ether oxygens (including phenoxy) is 2. The van der Waals surface area contributed by atoms with Gasteiger partial charge in [-0.25, -0.2) is 9.59 Å². The number of nitrogens with zero attached hydrogens (tertiary/aromatic N) is 1. The van der Waals surface area contributed by atoms with Gasteiger partial charge in [0.15, 0.2) is 5.96 Å². The maximum absolute atomic E-state index is 12.4. The molecule has 0 radical (unpaired) electrons. The summed E-state index contributed by atoms with van der Waals surface area (Å²) in [5, 5.41) is 7.63. The molecule has 238 valence electrons. The van der Waals surface area contributed by atoms with Gasteiger partial charge in [0.25, 0.3) is 0 Å². The molecule has 0 fully saturated rings. The van der Waals surface area contributed by atoms with Crippen molar-refractivity contribution >= 4 is 29.3 Å². The molecule has 0 atom stereocenters. The highest BCUT2D eigenvalue weighted by molar-refractivity contribution is 6.03. The van der Waals surface area contributed by atoms with E-state index in [2.05, 4.69) is 13.8 Å². The van der Waals surface area contributed by atoms with Crippen LogP contribution in [-0.2, 0) is 9.47 Å². The SMILES string of the molecule is CCCCCCCCOC(=O)c1ccccc1C(=O)OCCCCCCCC.N=C(N)N(c1ccccc1)c1ccccc1. The fourth-order valence-electron chi connectivity index (χ4n) is 4.67. The van der Waals surface area contributed by atoms with Gasteiger partial charge in [-0.05, 0) is 49.2 Å². The average molecular weight is 602 g/mol. The van der Waals surface area contributed by atoms with Crippen LogP contribution >= 0.6 is 0 Å². The molecule has 3 rings (SSSR count). The van der Waals surface area contributed by atoms with Crippen molar-refractivity contribution in [2.24, 2.45) is 5.73 Å². The molecule has 44 heavy (non-hydrogen) atoms. The van der Waals surface area contributed by atoms with Crippen LogP contribution in [0.1, 0.15) is 112 Å². The Kier molecular flexibility index (Phi) is 18.4. The first kappa shape index (κ1) is 36.1. The van der Waals surface area contributed by atoms with E-state index in [1.165, 1.54) is 51.4 Å². The standard InChI is InChI=1S/C24H38O4.C13H13N3/c1-3-5-7-9-11-15-19-27-23(25)21-17-13-14-18-22(21)24(26)28-20-16-12-10-8-6-4-2;14-13(15)16(11-7-3-1-4-8-11)12-9-5-2-6-10-12/h13-14,17-18H,3-12,15-16,19-20H2,1-2H3;1-10H,(H3,14,15). The van der Waals surface area contributed by atoms with Crippen LogP contribution < -0.4 is 10.6 Å². The highest BCUT2D eigenvalue weighted by Crippen LogP contribution is 2.23. The number of para-hydroxylation sites is 2. The second-order valence-corrected chi connectivity index (χ2v) is 10.7. The number of nitrogens with one attached hydrogen (secondary N) is 1. The zero-order chi connectivity index (χ0) is 31.8. The Morgan fingerprint density at radius 2 is 0.909 bits per heavy atom. The van der Waals surface area contributed by atoms with Gasteiger partial charge < -0.3 is 15.2 Å². The zero-order valence-electron chi connectivity index (χ0n) is 26.6. The van der Waals surface area contributed by atoms with Crippen molar-refractivity contribution in [3.63, 3.8) is 0 Å². The van der Waals surface area contributed by atoms with Crippen LogP contribution in [0.3, 0.4) is 0 Å². The fourth-order valence-corrected chi connectivity index (χ4v) is 4.67. The summed E-state index contributed by atoms with van der Waals surface area (Å²) in [6.45, 7) is 5.17. The number of nitrogens with two attached hydrogens (primary N) is 1. The Morgan fingerprint density at radius 3 is 1.27 bits per heavy atom. The normalized spacial score (nSPS) is 10.3. The van der Waals surface area contributed by atoms with E-state index in [1.807, 2.05) is 60.7 Å². The summed E-state index contributed by atoms with van der Waals surface area (Å²) < 4.78 is 10.7. The van der Waals surface area contributed by atoms with Gasteiger partial charge in [0.1, 0.15) is 0 Å². The average Bonchev–Trinajstić information content (AvgIpc) is 3.05. The van der Waals surface area contributed by atoms with Crippen molar-refractivity contribution in [2.75, 3.05) is 18.1 Å². The van der Waals surface area contributed by atoms with Crippen LogP contribution in [0.4, 0.5) is 11.4 Å². The van der Waals surface area contributed by atoms with Crippen molar-refractivity contribution in [3.05, 3.63) is 96.1 Å². The topological polar surface area (TPSA) is 106 Å². The Balaban J connectivity index is 0.000000354. The Morgan fingerprint density at radius 1 is 0.568 bits per heavy atom. The van der Waals surface area contributed by atoms with E-state index in [-0.39, 0.29) is 5.96 Å². The van der Waals surface area contributed by atoms with E-state index >= 15 is 0 Å². The maximum atomic E-state index is 12.4. The minimum atomic E-state index is -0.444. The predicted octanol–water partition coefficient (Wildman–Crippen LogP) is 9.44. The molecule has 0 amide bonds. The third-order valence-corrected chi connectivity index (χ3v) is 7.10. The first-order valence-corrected chi connectivity index (χ1v) is 16.2. The molecule has 3 N–H and O–H groups in total. The molecule has 0 bridgehead atoms. The summed E-state index contributed by atoms with van der Waals surface area (Å²) in [4.78, 5) is 26.4. The second kappa shape index (κ2) is 22.4. The molecule has 0 aliphatic heterocycles. The number of hydrogen-bond donors (Lipinski definition) is 2. The van der Waals surface area contributed by atoms with E-state index in [0.717, 1.165) is 37.1 Å². The molecule has 0 saturated carbocycles. The predicted molar refractivity (Wildman–Crippen MR) is 181 cm³/mol.